The lowest BCUT2D eigenvalue weighted by Crippen LogP contribution is -2.17. The molecular weight excluding hydrogens is 202 g/mol. The van der Waals surface area contributed by atoms with E-state index in [9.17, 15) is 0 Å². The molecule has 0 saturated carbocycles. The van der Waals surface area contributed by atoms with Crippen molar-refractivity contribution in [2.45, 2.75) is 19.4 Å². The number of nitrogens with zero attached hydrogens (tertiary/aromatic N) is 4. The third-order valence-corrected chi connectivity index (χ3v) is 3.12. The van der Waals surface area contributed by atoms with E-state index in [4.69, 9.17) is 5.73 Å². The maximum atomic E-state index is 5.59. The van der Waals surface area contributed by atoms with Crippen molar-refractivity contribution in [1.29, 1.82) is 0 Å². The minimum Gasteiger partial charge on any atom is -0.371 e. The van der Waals surface area contributed by atoms with Gasteiger partial charge in [-0.15, -0.1) is 10.2 Å². The number of anilines is 1. The van der Waals surface area contributed by atoms with Crippen molar-refractivity contribution in [3.63, 3.8) is 0 Å². The largest absolute Gasteiger partial charge is 0.371 e. The maximum absolute atomic E-state index is 5.59. The molecule has 1 aliphatic rings. The Labute approximate surface area is 93.9 Å². The van der Waals surface area contributed by atoms with Crippen LogP contribution < -0.4 is 10.6 Å². The van der Waals surface area contributed by atoms with Crippen LogP contribution in [-0.4, -0.2) is 27.7 Å². The van der Waals surface area contributed by atoms with Crippen molar-refractivity contribution in [2.75, 3.05) is 18.0 Å². The molecule has 0 amide bonds. The Bertz CT molecular complexity index is 498. The Morgan fingerprint density at radius 2 is 2.06 bits per heavy atom. The first-order valence-electron chi connectivity index (χ1n) is 5.67. The predicted molar refractivity (Wildman–Crippen MR) is 62.3 cm³/mol. The molecular formula is C11H15N5. The second-order valence-electron chi connectivity index (χ2n) is 4.13. The van der Waals surface area contributed by atoms with Crippen molar-refractivity contribution in [3.05, 3.63) is 24.2 Å². The fraction of sp³-hybridized carbons (Fsp3) is 0.455. The summed E-state index contributed by atoms with van der Waals surface area (Å²) in [4.78, 5) is 2.39. The summed E-state index contributed by atoms with van der Waals surface area (Å²) in [6.45, 7) is 2.71. The van der Waals surface area contributed by atoms with Gasteiger partial charge >= 0.3 is 0 Å². The number of rotatable bonds is 2. The van der Waals surface area contributed by atoms with Crippen molar-refractivity contribution >= 4 is 11.3 Å². The average Bonchev–Trinajstić information content (AvgIpc) is 2.97. The lowest BCUT2D eigenvalue weighted by atomic mass is 10.3. The van der Waals surface area contributed by atoms with E-state index in [-0.39, 0.29) is 0 Å². The monoisotopic (exact) mass is 217 g/mol. The quantitative estimate of drug-likeness (QED) is 0.808. The Morgan fingerprint density at radius 1 is 1.25 bits per heavy atom. The molecule has 3 rings (SSSR count). The lowest BCUT2D eigenvalue weighted by Gasteiger charge is -2.17. The highest BCUT2D eigenvalue weighted by atomic mass is 15.3. The van der Waals surface area contributed by atoms with Crippen LogP contribution in [0.15, 0.2) is 18.3 Å². The molecule has 0 spiro atoms. The summed E-state index contributed by atoms with van der Waals surface area (Å²) in [6, 6.07) is 4.19. The number of nitrogens with two attached hydrogens (primary N) is 1. The van der Waals surface area contributed by atoms with Crippen LogP contribution in [0.2, 0.25) is 0 Å². The van der Waals surface area contributed by atoms with E-state index in [1.807, 2.05) is 10.6 Å². The van der Waals surface area contributed by atoms with Crippen LogP contribution in [0.4, 0.5) is 5.69 Å². The molecule has 0 atom stereocenters. The van der Waals surface area contributed by atoms with E-state index >= 15 is 0 Å². The minimum atomic E-state index is 0.421. The van der Waals surface area contributed by atoms with E-state index in [1.54, 1.807) is 0 Å². The van der Waals surface area contributed by atoms with Crippen LogP contribution in [0.5, 0.6) is 0 Å². The highest BCUT2D eigenvalue weighted by Gasteiger charge is 2.13. The first-order chi connectivity index (χ1) is 7.88. The zero-order chi connectivity index (χ0) is 11.0. The molecule has 3 heterocycles. The van der Waals surface area contributed by atoms with Crippen LogP contribution >= 0.6 is 0 Å². The first-order valence-corrected chi connectivity index (χ1v) is 5.67. The van der Waals surface area contributed by atoms with Crippen LogP contribution in [0.3, 0.4) is 0 Å². The van der Waals surface area contributed by atoms with Gasteiger partial charge in [0.05, 0.1) is 6.54 Å². The second-order valence-corrected chi connectivity index (χ2v) is 4.13. The number of hydrogen-bond donors (Lipinski definition) is 1. The van der Waals surface area contributed by atoms with Crippen molar-refractivity contribution in [1.82, 2.24) is 14.6 Å². The van der Waals surface area contributed by atoms with Crippen LogP contribution in [-0.2, 0) is 6.54 Å². The normalized spacial score (nSPS) is 16.2. The highest BCUT2D eigenvalue weighted by molar-refractivity contribution is 5.56. The molecule has 2 aromatic heterocycles. The summed E-state index contributed by atoms with van der Waals surface area (Å²) in [7, 11) is 0. The Hall–Kier alpha value is -1.62. The molecule has 0 unspecified atom stereocenters. The van der Waals surface area contributed by atoms with E-state index in [2.05, 4.69) is 27.2 Å². The molecule has 0 aliphatic carbocycles. The molecule has 2 N–H and O–H groups in total. The van der Waals surface area contributed by atoms with Gasteiger partial charge in [0.15, 0.2) is 11.5 Å². The third kappa shape index (κ3) is 1.44. The summed E-state index contributed by atoms with van der Waals surface area (Å²) in [5.41, 5.74) is 7.70. The van der Waals surface area contributed by atoms with Gasteiger partial charge in [0.2, 0.25) is 0 Å². The lowest BCUT2D eigenvalue weighted by molar-refractivity contribution is 0.881. The van der Waals surface area contributed by atoms with Gasteiger partial charge in [-0.25, -0.2) is 0 Å². The zero-order valence-electron chi connectivity index (χ0n) is 9.13. The number of pyridine rings is 1. The Kier molecular flexibility index (Phi) is 2.25. The van der Waals surface area contributed by atoms with Gasteiger partial charge in [-0.3, -0.25) is 4.40 Å². The van der Waals surface area contributed by atoms with Crippen LogP contribution in [0.1, 0.15) is 18.7 Å². The highest BCUT2D eigenvalue weighted by Crippen LogP contribution is 2.21. The molecule has 84 valence electrons. The molecule has 0 radical (unpaired) electrons. The molecule has 1 fully saturated rings. The zero-order valence-corrected chi connectivity index (χ0v) is 9.13. The van der Waals surface area contributed by atoms with Gasteiger partial charge in [0, 0.05) is 31.0 Å². The summed E-state index contributed by atoms with van der Waals surface area (Å²) in [5.74, 6) is 0.808. The van der Waals surface area contributed by atoms with Gasteiger partial charge in [0.1, 0.15) is 0 Å². The smallest absolute Gasteiger partial charge is 0.162 e. The van der Waals surface area contributed by atoms with Gasteiger partial charge in [-0.05, 0) is 18.9 Å². The van der Waals surface area contributed by atoms with Gasteiger partial charge in [-0.1, -0.05) is 0 Å². The van der Waals surface area contributed by atoms with Crippen molar-refractivity contribution in [3.8, 4) is 0 Å². The first kappa shape index (κ1) is 9.59. The Balaban J connectivity index is 2.02. The predicted octanol–water partition coefficient (Wildman–Crippen LogP) is 0.788. The molecule has 2 aromatic rings. The minimum absolute atomic E-state index is 0.421. The average molecular weight is 217 g/mol. The van der Waals surface area contributed by atoms with Crippen LogP contribution in [0, 0.1) is 0 Å². The molecule has 0 bridgehead atoms. The van der Waals surface area contributed by atoms with Gasteiger partial charge in [0.25, 0.3) is 0 Å². The number of aromatic nitrogens is 3. The molecule has 1 saturated heterocycles. The fourth-order valence-electron chi connectivity index (χ4n) is 2.24. The van der Waals surface area contributed by atoms with E-state index in [0.29, 0.717) is 6.54 Å². The molecule has 1 aliphatic heterocycles. The second kappa shape index (κ2) is 3.75. The van der Waals surface area contributed by atoms with E-state index in [0.717, 1.165) is 24.6 Å². The summed E-state index contributed by atoms with van der Waals surface area (Å²) in [6.07, 6.45) is 4.57. The topological polar surface area (TPSA) is 59.5 Å². The fourth-order valence-corrected chi connectivity index (χ4v) is 2.24. The molecule has 5 heteroatoms. The van der Waals surface area contributed by atoms with Crippen molar-refractivity contribution in [2.24, 2.45) is 5.73 Å². The maximum Gasteiger partial charge on any atom is 0.162 e. The summed E-state index contributed by atoms with van der Waals surface area (Å²) in [5, 5.41) is 8.18. The SMILES string of the molecule is NCc1nnc2cc(N3CCCC3)ccn12. The molecule has 16 heavy (non-hydrogen) atoms. The van der Waals surface area contributed by atoms with E-state index in [1.165, 1.54) is 18.5 Å². The van der Waals surface area contributed by atoms with Crippen molar-refractivity contribution < 1.29 is 0 Å². The van der Waals surface area contributed by atoms with Gasteiger partial charge in [-0.2, -0.15) is 0 Å². The Morgan fingerprint density at radius 3 is 2.81 bits per heavy atom. The molecule has 5 nitrogen and oxygen atoms in total. The molecule has 0 aromatic carbocycles. The summed E-state index contributed by atoms with van der Waals surface area (Å²) < 4.78 is 1.94. The van der Waals surface area contributed by atoms with E-state index < -0.39 is 0 Å². The van der Waals surface area contributed by atoms with Gasteiger partial charge < -0.3 is 10.6 Å². The number of fused-ring (bicyclic) bond motifs is 1. The van der Waals surface area contributed by atoms with Crippen LogP contribution in [0.25, 0.3) is 5.65 Å². The standard InChI is InChI=1S/C11H15N5/c12-8-11-14-13-10-7-9(3-6-16(10)11)15-4-1-2-5-15/h3,6-7H,1-2,4-5,8,12H2. The third-order valence-electron chi connectivity index (χ3n) is 3.12. The summed E-state index contributed by atoms with van der Waals surface area (Å²) >= 11 is 0. The number of hydrogen-bond acceptors (Lipinski definition) is 4.